The van der Waals surface area contributed by atoms with Crippen molar-refractivity contribution in [2.24, 2.45) is 10.9 Å². The van der Waals surface area contributed by atoms with E-state index >= 15 is 0 Å². The van der Waals surface area contributed by atoms with E-state index in [2.05, 4.69) is 22.1 Å². The molecule has 1 aliphatic heterocycles. The summed E-state index contributed by atoms with van der Waals surface area (Å²) < 4.78 is 10.6. The van der Waals surface area contributed by atoms with Crippen molar-refractivity contribution in [1.29, 1.82) is 0 Å². The van der Waals surface area contributed by atoms with Gasteiger partial charge in [-0.1, -0.05) is 26.2 Å². The van der Waals surface area contributed by atoms with E-state index in [0.717, 1.165) is 32.2 Å². The van der Waals surface area contributed by atoms with E-state index in [1.807, 2.05) is 7.05 Å². The second kappa shape index (κ2) is 14.5. The maximum absolute atomic E-state index is 5.63. The molecule has 1 atom stereocenters. The Balaban J connectivity index is 0.00000441. The Morgan fingerprint density at radius 3 is 2.77 bits per heavy atom. The van der Waals surface area contributed by atoms with Crippen LogP contribution in [-0.2, 0) is 9.47 Å². The molecule has 1 heterocycles. The van der Waals surface area contributed by atoms with E-state index in [-0.39, 0.29) is 24.0 Å². The van der Waals surface area contributed by atoms with Gasteiger partial charge in [-0.3, -0.25) is 4.99 Å². The van der Waals surface area contributed by atoms with Crippen LogP contribution in [0.1, 0.15) is 39.0 Å². The van der Waals surface area contributed by atoms with Crippen LogP contribution in [0.2, 0.25) is 0 Å². The minimum absolute atomic E-state index is 0. The lowest BCUT2D eigenvalue weighted by atomic mass is 10.1. The van der Waals surface area contributed by atoms with Crippen molar-refractivity contribution < 1.29 is 9.47 Å². The van der Waals surface area contributed by atoms with Gasteiger partial charge >= 0.3 is 0 Å². The van der Waals surface area contributed by atoms with Crippen molar-refractivity contribution in [2.45, 2.75) is 39.0 Å². The third-order valence-electron chi connectivity index (χ3n) is 3.90. The number of ether oxygens (including phenoxy) is 2. The smallest absolute Gasteiger partial charge is 0.193 e. The molecular formula is C16H34IN3O2. The Morgan fingerprint density at radius 2 is 2.09 bits per heavy atom. The van der Waals surface area contributed by atoms with Gasteiger partial charge in [-0.15, -0.1) is 24.0 Å². The van der Waals surface area contributed by atoms with Crippen LogP contribution < -0.4 is 5.32 Å². The van der Waals surface area contributed by atoms with Crippen LogP contribution in [-0.4, -0.2) is 64.5 Å². The normalized spacial score (nSPS) is 18.4. The molecule has 1 N–H and O–H groups in total. The van der Waals surface area contributed by atoms with Crippen LogP contribution in [0.5, 0.6) is 0 Å². The summed E-state index contributed by atoms with van der Waals surface area (Å²) in [5, 5.41) is 3.48. The van der Waals surface area contributed by atoms with Crippen LogP contribution in [0, 0.1) is 5.92 Å². The number of rotatable bonds is 10. The van der Waals surface area contributed by atoms with Crippen molar-refractivity contribution in [1.82, 2.24) is 10.2 Å². The van der Waals surface area contributed by atoms with Crippen LogP contribution in [0.25, 0.3) is 0 Å². The van der Waals surface area contributed by atoms with Gasteiger partial charge in [-0.25, -0.2) is 0 Å². The summed E-state index contributed by atoms with van der Waals surface area (Å²) in [4.78, 5) is 6.75. The summed E-state index contributed by atoms with van der Waals surface area (Å²) in [7, 11) is 3.58. The highest BCUT2D eigenvalue weighted by molar-refractivity contribution is 14.0. The molecule has 1 aliphatic rings. The maximum atomic E-state index is 5.63. The number of nitrogens with zero attached hydrogens (tertiary/aromatic N) is 2. The van der Waals surface area contributed by atoms with Gasteiger partial charge < -0.3 is 19.7 Å². The summed E-state index contributed by atoms with van der Waals surface area (Å²) in [5.74, 6) is 1.66. The summed E-state index contributed by atoms with van der Waals surface area (Å²) >= 11 is 0. The van der Waals surface area contributed by atoms with E-state index in [9.17, 15) is 0 Å². The second-order valence-corrected chi connectivity index (χ2v) is 5.70. The first-order valence-corrected chi connectivity index (χ1v) is 8.34. The zero-order valence-electron chi connectivity index (χ0n) is 14.5. The first-order valence-electron chi connectivity index (χ1n) is 8.34. The van der Waals surface area contributed by atoms with Gasteiger partial charge in [-0.2, -0.15) is 0 Å². The highest BCUT2D eigenvalue weighted by atomic mass is 127. The first-order chi connectivity index (χ1) is 10.3. The zero-order chi connectivity index (χ0) is 15.3. The monoisotopic (exact) mass is 427 g/mol. The van der Waals surface area contributed by atoms with Crippen molar-refractivity contribution in [3.05, 3.63) is 0 Å². The first kappa shape index (κ1) is 21.9. The molecule has 22 heavy (non-hydrogen) atoms. The Kier molecular flexibility index (Phi) is 14.5. The third kappa shape index (κ3) is 9.15. The van der Waals surface area contributed by atoms with E-state index in [1.165, 1.54) is 32.1 Å². The topological polar surface area (TPSA) is 46.1 Å². The largest absolute Gasteiger partial charge is 0.382 e. The van der Waals surface area contributed by atoms with Crippen LogP contribution >= 0.6 is 24.0 Å². The molecular weight excluding hydrogens is 393 g/mol. The SMILES string of the molecule is CCCCCCNC(=NC)N1CCC(COCCOC)C1.I. The number of likely N-dealkylation sites (tertiary alicyclic amines) is 1. The molecule has 0 aromatic rings. The van der Waals surface area contributed by atoms with Crippen LogP contribution in [0.3, 0.4) is 0 Å². The molecule has 0 aliphatic carbocycles. The average Bonchev–Trinajstić information content (AvgIpc) is 2.96. The number of halogens is 1. The minimum Gasteiger partial charge on any atom is -0.382 e. The van der Waals surface area contributed by atoms with E-state index in [0.29, 0.717) is 19.1 Å². The Bertz CT molecular complexity index is 291. The zero-order valence-corrected chi connectivity index (χ0v) is 16.8. The summed E-state index contributed by atoms with van der Waals surface area (Å²) in [5.41, 5.74) is 0. The number of hydrogen-bond acceptors (Lipinski definition) is 3. The minimum atomic E-state index is 0. The molecule has 0 amide bonds. The summed E-state index contributed by atoms with van der Waals surface area (Å²) in [6.07, 6.45) is 6.32. The van der Waals surface area contributed by atoms with Crippen LogP contribution in [0.4, 0.5) is 0 Å². The quantitative estimate of drug-likeness (QED) is 0.252. The number of unbranched alkanes of at least 4 members (excludes halogenated alkanes) is 3. The number of hydrogen-bond donors (Lipinski definition) is 1. The Labute approximate surface area is 153 Å². The second-order valence-electron chi connectivity index (χ2n) is 5.70. The van der Waals surface area contributed by atoms with Crippen LogP contribution in [0.15, 0.2) is 4.99 Å². The average molecular weight is 427 g/mol. The van der Waals surface area contributed by atoms with E-state index in [1.54, 1.807) is 7.11 Å². The molecule has 1 saturated heterocycles. The molecule has 0 aromatic carbocycles. The summed E-state index contributed by atoms with van der Waals surface area (Å²) in [6, 6.07) is 0. The molecule has 132 valence electrons. The molecule has 1 unspecified atom stereocenters. The number of nitrogens with one attached hydrogen (secondary N) is 1. The van der Waals surface area contributed by atoms with Gasteiger partial charge in [-0.05, 0) is 12.8 Å². The summed E-state index contributed by atoms with van der Waals surface area (Å²) in [6.45, 7) is 7.58. The van der Waals surface area contributed by atoms with Gasteiger partial charge in [0.1, 0.15) is 0 Å². The fourth-order valence-electron chi connectivity index (χ4n) is 2.64. The Morgan fingerprint density at radius 1 is 1.27 bits per heavy atom. The highest BCUT2D eigenvalue weighted by Gasteiger charge is 2.24. The molecule has 1 rings (SSSR count). The van der Waals surface area contributed by atoms with Crippen molar-refractivity contribution in [3.8, 4) is 0 Å². The standard InChI is InChI=1S/C16H33N3O2.HI/c1-4-5-6-7-9-18-16(17-2)19-10-8-15(13-19)14-21-12-11-20-3;/h15H,4-14H2,1-3H3,(H,17,18);1H. The number of aliphatic imine (C=N–C) groups is 1. The fraction of sp³-hybridized carbons (Fsp3) is 0.938. The lowest BCUT2D eigenvalue weighted by Gasteiger charge is -2.21. The van der Waals surface area contributed by atoms with Crippen molar-refractivity contribution in [3.63, 3.8) is 0 Å². The van der Waals surface area contributed by atoms with E-state index in [4.69, 9.17) is 9.47 Å². The predicted molar refractivity (Wildman–Crippen MR) is 103 cm³/mol. The predicted octanol–water partition coefficient (Wildman–Crippen LogP) is 2.75. The molecule has 0 bridgehead atoms. The van der Waals surface area contributed by atoms with Gasteiger partial charge in [0.15, 0.2) is 5.96 Å². The van der Waals surface area contributed by atoms with E-state index < -0.39 is 0 Å². The van der Waals surface area contributed by atoms with Crippen molar-refractivity contribution >= 4 is 29.9 Å². The maximum Gasteiger partial charge on any atom is 0.193 e. The molecule has 6 heteroatoms. The number of methoxy groups -OCH3 is 1. The number of guanidine groups is 1. The molecule has 5 nitrogen and oxygen atoms in total. The van der Waals surface area contributed by atoms with Gasteiger partial charge in [0, 0.05) is 39.7 Å². The third-order valence-corrected chi connectivity index (χ3v) is 3.90. The molecule has 0 aromatic heterocycles. The van der Waals surface area contributed by atoms with Gasteiger partial charge in [0.05, 0.1) is 19.8 Å². The lowest BCUT2D eigenvalue weighted by Crippen LogP contribution is -2.40. The molecule has 0 spiro atoms. The Hall–Kier alpha value is -0.0800. The van der Waals surface area contributed by atoms with Crippen molar-refractivity contribution in [2.75, 3.05) is 53.6 Å². The highest BCUT2D eigenvalue weighted by Crippen LogP contribution is 2.16. The lowest BCUT2D eigenvalue weighted by molar-refractivity contribution is 0.0536. The molecule has 0 radical (unpaired) electrons. The van der Waals surface area contributed by atoms with Gasteiger partial charge in [0.2, 0.25) is 0 Å². The van der Waals surface area contributed by atoms with Gasteiger partial charge in [0.25, 0.3) is 0 Å². The molecule has 0 saturated carbocycles. The molecule has 1 fully saturated rings. The fourth-order valence-corrected chi connectivity index (χ4v) is 2.64.